The number of piperazine rings is 1. The first-order valence-corrected chi connectivity index (χ1v) is 10.8. The van der Waals surface area contributed by atoms with Gasteiger partial charge in [-0.15, -0.1) is 0 Å². The summed E-state index contributed by atoms with van der Waals surface area (Å²) in [5, 5.41) is 10.4. The van der Waals surface area contributed by atoms with Gasteiger partial charge in [-0.3, -0.25) is 4.90 Å². The highest BCUT2D eigenvalue weighted by atomic mass is 16.5. The Kier molecular flexibility index (Phi) is 7.07. The fourth-order valence-electron chi connectivity index (χ4n) is 3.90. The lowest BCUT2D eigenvalue weighted by Gasteiger charge is -2.36. The minimum Gasteiger partial charge on any atom is -0.497 e. The molecule has 0 radical (unpaired) electrons. The standard InChI is InChI=1S/C26H30N2O3/c1-30-25-13-9-23(10-14-25)28-17-15-27(16-18-28)19-24(29)20-31-26-11-7-22(8-12-26)21-5-3-2-4-6-21/h2-14,24,29H,15-20H2,1H3/t24-/m0/s1. The van der Waals surface area contributed by atoms with Crippen molar-refractivity contribution < 1.29 is 14.6 Å². The molecule has 1 atom stereocenters. The first kappa shape index (κ1) is 21.2. The zero-order chi connectivity index (χ0) is 21.5. The summed E-state index contributed by atoms with van der Waals surface area (Å²) >= 11 is 0. The second kappa shape index (κ2) is 10.3. The molecule has 1 saturated heterocycles. The third kappa shape index (κ3) is 5.78. The van der Waals surface area contributed by atoms with E-state index in [1.807, 2.05) is 42.5 Å². The molecule has 1 fully saturated rings. The quantitative estimate of drug-likeness (QED) is 0.601. The van der Waals surface area contributed by atoms with Crippen molar-refractivity contribution in [1.82, 2.24) is 4.90 Å². The maximum absolute atomic E-state index is 10.4. The molecular formula is C26H30N2O3. The molecule has 162 valence electrons. The Morgan fingerprint density at radius 1 is 0.774 bits per heavy atom. The zero-order valence-corrected chi connectivity index (χ0v) is 18.0. The van der Waals surface area contributed by atoms with Gasteiger partial charge in [-0.05, 0) is 47.5 Å². The number of aliphatic hydroxyl groups excluding tert-OH is 1. The molecule has 3 aromatic carbocycles. The Hall–Kier alpha value is -3.02. The highest BCUT2D eigenvalue weighted by Crippen LogP contribution is 2.23. The molecule has 0 amide bonds. The number of β-amino-alcohol motifs (C(OH)–C–C–N with tert-alkyl or cyclic N) is 1. The minimum atomic E-state index is -0.513. The summed E-state index contributed by atoms with van der Waals surface area (Å²) in [6.45, 7) is 4.66. The molecule has 3 aromatic rings. The molecule has 5 heteroatoms. The summed E-state index contributed by atoms with van der Waals surface area (Å²) in [5.74, 6) is 1.66. The number of hydrogen-bond acceptors (Lipinski definition) is 5. The van der Waals surface area contributed by atoms with Crippen molar-refractivity contribution in [2.45, 2.75) is 6.10 Å². The second-order valence-electron chi connectivity index (χ2n) is 7.84. The molecule has 0 unspecified atom stereocenters. The lowest BCUT2D eigenvalue weighted by molar-refractivity contribution is 0.0663. The first-order chi connectivity index (χ1) is 15.2. The van der Waals surface area contributed by atoms with Gasteiger partial charge in [-0.2, -0.15) is 0 Å². The molecule has 5 nitrogen and oxygen atoms in total. The zero-order valence-electron chi connectivity index (χ0n) is 18.0. The molecule has 0 aliphatic carbocycles. The third-order valence-corrected chi connectivity index (χ3v) is 5.68. The van der Waals surface area contributed by atoms with Gasteiger partial charge in [0.25, 0.3) is 0 Å². The molecule has 0 bridgehead atoms. The average molecular weight is 419 g/mol. The van der Waals surface area contributed by atoms with Crippen molar-refractivity contribution in [3.8, 4) is 22.6 Å². The first-order valence-electron chi connectivity index (χ1n) is 10.8. The Balaban J connectivity index is 1.20. The predicted molar refractivity (Wildman–Crippen MR) is 125 cm³/mol. The van der Waals surface area contributed by atoms with Gasteiger partial charge in [0.15, 0.2) is 0 Å². The average Bonchev–Trinajstić information content (AvgIpc) is 2.84. The van der Waals surface area contributed by atoms with E-state index in [-0.39, 0.29) is 0 Å². The van der Waals surface area contributed by atoms with Crippen LogP contribution in [-0.4, -0.2) is 62.6 Å². The maximum Gasteiger partial charge on any atom is 0.119 e. The molecule has 1 aliphatic rings. The Morgan fingerprint density at radius 3 is 2.03 bits per heavy atom. The minimum absolute atomic E-state index is 0.295. The van der Waals surface area contributed by atoms with Crippen LogP contribution < -0.4 is 14.4 Å². The second-order valence-corrected chi connectivity index (χ2v) is 7.84. The van der Waals surface area contributed by atoms with Crippen LogP contribution >= 0.6 is 0 Å². The highest BCUT2D eigenvalue weighted by Gasteiger charge is 2.20. The summed E-state index contributed by atoms with van der Waals surface area (Å²) in [6.07, 6.45) is -0.513. The number of ether oxygens (including phenoxy) is 2. The van der Waals surface area contributed by atoms with E-state index < -0.39 is 6.10 Å². The van der Waals surface area contributed by atoms with E-state index in [4.69, 9.17) is 9.47 Å². The lowest BCUT2D eigenvalue weighted by Crippen LogP contribution is -2.49. The van der Waals surface area contributed by atoms with Gasteiger partial charge in [-0.1, -0.05) is 42.5 Å². The number of hydrogen-bond donors (Lipinski definition) is 1. The summed E-state index contributed by atoms with van der Waals surface area (Å²) in [6, 6.07) is 26.5. The van der Waals surface area contributed by atoms with Crippen LogP contribution in [0.2, 0.25) is 0 Å². The van der Waals surface area contributed by atoms with Gasteiger partial charge in [0.2, 0.25) is 0 Å². The van der Waals surface area contributed by atoms with Gasteiger partial charge in [-0.25, -0.2) is 0 Å². The Bertz CT molecular complexity index is 921. The van der Waals surface area contributed by atoms with Crippen LogP contribution in [0.15, 0.2) is 78.9 Å². The van der Waals surface area contributed by atoms with Crippen molar-refractivity contribution >= 4 is 5.69 Å². The van der Waals surface area contributed by atoms with Crippen LogP contribution in [0, 0.1) is 0 Å². The smallest absolute Gasteiger partial charge is 0.119 e. The highest BCUT2D eigenvalue weighted by molar-refractivity contribution is 5.63. The number of methoxy groups -OCH3 is 1. The molecule has 4 rings (SSSR count). The summed E-state index contributed by atoms with van der Waals surface area (Å²) in [7, 11) is 1.68. The fraction of sp³-hybridized carbons (Fsp3) is 0.308. The van der Waals surface area contributed by atoms with Crippen molar-refractivity contribution in [3.05, 3.63) is 78.9 Å². The molecule has 0 aromatic heterocycles. The fourth-order valence-corrected chi connectivity index (χ4v) is 3.90. The Morgan fingerprint density at radius 2 is 1.39 bits per heavy atom. The van der Waals surface area contributed by atoms with Gasteiger partial charge >= 0.3 is 0 Å². The molecule has 0 saturated carbocycles. The topological polar surface area (TPSA) is 45.2 Å². The largest absolute Gasteiger partial charge is 0.497 e. The summed E-state index contributed by atoms with van der Waals surface area (Å²) in [4.78, 5) is 4.67. The van der Waals surface area contributed by atoms with Crippen LogP contribution in [0.25, 0.3) is 11.1 Å². The molecule has 1 heterocycles. The normalized spacial score (nSPS) is 15.5. The summed E-state index contributed by atoms with van der Waals surface area (Å²) < 4.78 is 11.0. The predicted octanol–water partition coefficient (Wildman–Crippen LogP) is 3.92. The van der Waals surface area contributed by atoms with E-state index in [1.54, 1.807) is 7.11 Å². The molecule has 1 aliphatic heterocycles. The van der Waals surface area contributed by atoms with E-state index >= 15 is 0 Å². The van der Waals surface area contributed by atoms with E-state index in [9.17, 15) is 5.11 Å². The van der Waals surface area contributed by atoms with E-state index in [2.05, 4.69) is 46.2 Å². The van der Waals surface area contributed by atoms with Crippen LogP contribution in [0.3, 0.4) is 0 Å². The molecule has 0 spiro atoms. The van der Waals surface area contributed by atoms with Crippen LogP contribution in [0.4, 0.5) is 5.69 Å². The van der Waals surface area contributed by atoms with E-state index in [0.717, 1.165) is 43.2 Å². The van der Waals surface area contributed by atoms with Crippen LogP contribution in [0.5, 0.6) is 11.5 Å². The van der Waals surface area contributed by atoms with Crippen molar-refractivity contribution in [2.24, 2.45) is 0 Å². The lowest BCUT2D eigenvalue weighted by atomic mass is 10.1. The Labute approximate surface area is 184 Å². The SMILES string of the molecule is COc1ccc(N2CCN(C[C@H](O)COc3ccc(-c4ccccc4)cc3)CC2)cc1. The van der Waals surface area contributed by atoms with E-state index in [1.165, 1.54) is 11.3 Å². The van der Waals surface area contributed by atoms with Crippen LogP contribution in [-0.2, 0) is 0 Å². The van der Waals surface area contributed by atoms with Gasteiger partial charge in [0.1, 0.15) is 24.2 Å². The van der Waals surface area contributed by atoms with Gasteiger partial charge in [0.05, 0.1) is 7.11 Å². The number of anilines is 1. The molecule has 31 heavy (non-hydrogen) atoms. The van der Waals surface area contributed by atoms with E-state index in [0.29, 0.717) is 13.2 Å². The van der Waals surface area contributed by atoms with Crippen molar-refractivity contribution in [3.63, 3.8) is 0 Å². The maximum atomic E-state index is 10.4. The summed E-state index contributed by atoms with van der Waals surface area (Å²) in [5.41, 5.74) is 3.55. The van der Waals surface area contributed by atoms with Gasteiger partial charge in [0, 0.05) is 38.4 Å². The number of rotatable bonds is 8. The van der Waals surface area contributed by atoms with Crippen molar-refractivity contribution in [2.75, 3.05) is 51.3 Å². The molecule has 1 N–H and O–H groups in total. The third-order valence-electron chi connectivity index (χ3n) is 5.68. The van der Waals surface area contributed by atoms with Gasteiger partial charge < -0.3 is 19.5 Å². The number of benzene rings is 3. The monoisotopic (exact) mass is 418 g/mol. The number of nitrogens with zero attached hydrogens (tertiary/aromatic N) is 2. The number of aliphatic hydroxyl groups is 1. The molecular weight excluding hydrogens is 388 g/mol. The van der Waals surface area contributed by atoms with Crippen molar-refractivity contribution in [1.29, 1.82) is 0 Å². The van der Waals surface area contributed by atoms with Crippen LogP contribution in [0.1, 0.15) is 0 Å².